The zero-order valence-corrected chi connectivity index (χ0v) is 18.5. The Bertz CT molecular complexity index is 1240. The van der Waals surface area contributed by atoms with E-state index in [1.54, 1.807) is 23.0 Å². The average molecular weight is 448 g/mol. The van der Waals surface area contributed by atoms with Crippen LogP contribution in [0, 0.1) is 5.82 Å². The molecule has 0 aliphatic carbocycles. The lowest BCUT2D eigenvalue weighted by atomic mass is 10.0. The van der Waals surface area contributed by atoms with E-state index in [-0.39, 0.29) is 11.9 Å². The van der Waals surface area contributed by atoms with Crippen molar-refractivity contribution in [2.24, 2.45) is 0 Å². The third-order valence-electron chi connectivity index (χ3n) is 5.58. The number of aliphatic hydroxyl groups is 1. The second-order valence-corrected chi connectivity index (χ2v) is 7.90. The van der Waals surface area contributed by atoms with Crippen LogP contribution in [0.25, 0.3) is 16.6 Å². The number of nitrogens with zero attached hydrogens (tertiary/aromatic N) is 2. The molecule has 0 saturated carbocycles. The molecule has 7 heteroatoms. The lowest BCUT2D eigenvalue weighted by molar-refractivity contribution is -0.125. The highest BCUT2D eigenvalue weighted by Gasteiger charge is 2.23. The fraction of sp³-hybridized carbons (Fsp3) is 0.231. The lowest BCUT2D eigenvalue weighted by Crippen LogP contribution is -2.40. The summed E-state index contributed by atoms with van der Waals surface area (Å²) in [6, 6.07) is 19.5. The molecule has 0 bridgehead atoms. The van der Waals surface area contributed by atoms with Crippen LogP contribution in [0.2, 0.25) is 0 Å². The molecule has 2 atom stereocenters. The van der Waals surface area contributed by atoms with Crippen LogP contribution in [0.15, 0.2) is 72.9 Å². The number of aryl methyl sites for hydroxylation is 1. The number of ether oxygens (including phenoxy) is 1. The summed E-state index contributed by atoms with van der Waals surface area (Å²) in [4.78, 5) is 11.8. The number of hydrogen-bond donors (Lipinski definition) is 2. The van der Waals surface area contributed by atoms with E-state index in [4.69, 9.17) is 9.84 Å². The minimum atomic E-state index is -0.583. The molecule has 4 aromatic rings. The Balaban J connectivity index is 1.63. The Hall–Kier alpha value is -3.71. The summed E-state index contributed by atoms with van der Waals surface area (Å²) >= 11 is 0. The minimum absolute atomic E-state index is 0.300. The first-order valence-electron chi connectivity index (χ1n) is 10.9. The molecule has 1 heterocycles. The summed E-state index contributed by atoms with van der Waals surface area (Å²) < 4.78 is 21.4. The zero-order chi connectivity index (χ0) is 23.4. The van der Waals surface area contributed by atoms with Crippen LogP contribution in [0.3, 0.4) is 0 Å². The molecule has 33 heavy (non-hydrogen) atoms. The van der Waals surface area contributed by atoms with Gasteiger partial charge in [0.1, 0.15) is 24.3 Å². The molecule has 0 saturated heterocycles. The van der Waals surface area contributed by atoms with Gasteiger partial charge in [-0.1, -0.05) is 31.2 Å². The monoisotopic (exact) mass is 447 g/mol. The van der Waals surface area contributed by atoms with Gasteiger partial charge in [0.2, 0.25) is 5.91 Å². The molecule has 6 nitrogen and oxygen atoms in total. The van der Waals surface area contributed by atoms with Gasteiger partial charge in [-0.25, -0.2) is 9.07 Å². The largest absolute Gasteiger partial charge is 0.484 e. The van der Waals surface area contributed by atoms with Crippen LogP contribution in [0.1, 0.15) is 31.1 Å². The van der Waals surface area contributed by atoms with Gasteiger partial charge >= 0.3 is 0 Å². The number of amides is 1. The maximum atomic E-state index is 13.3. The van der Waals surface area contributed by atoms with Crippen molar-refractivity contribution < 1.29 is 19.0 Å². The third kappa shape index (κ3) is 5.04. The van der Waals surface area contributed by atoms with Crippen molar-refractivity contribution in [2.75, 3.05) is 6.61 Å². The van der Waals surface area contributed by atoms with E-state index >= 15 is 0 Å². The number of rotatable bonds is 8. The average Bonchev–Trinajstić information content (AvgIpc) is 3.26. The van der Waals surface area contributed by atoms with E-state index < -0.39 is 18.6 Å². The van der Waals surface area contributed by atoms with Crippen molar-refractivity contribution in [3.8, 4) is 11.4 Å². The molecule has 2 N–H and O–H groups in total. The second kappa shape index (κ2) is 9.83. The number of nitrogens with one attached hydrogen (secondary N) is 1. The standard InChI is InChI=1S/C26H26FN3O3/c1-3-18-4-6-19(7-5-18)26(17(2)29-25(32)16-31)33-23-12-13-24-20(14-23)15-28-30(24)22-10-8-21(27)9-11-22/h4-15,17,26,31H,3,16H2,1-2H3,(H,29,32)/t17-,26+/m0/s1. The van der Waals surface area contributed by atoms with Crippen LogP contribution in [0.5, 0.6) is 5.75 Å². The lowest BCUT2D eigenvalue weighted by Gasteiger charge is -2.26. The quantitative estimate of drug-likeness (QED) is 0.421. The van der Waals surface area contributed by atoms with E-state index in [2.05, 4.69) is 17.3 Å². The fourth-order valence-corrected chi connectivity index (χ4v) is 3.80. The molecular weight excluding hydrogens is 421 g/mol. The number of carbonyl (C=O) groups excluding carboxylic acids is 1. The smallest absolute Gasteiger partial charge is 0.246 e. The number of benzene rings is 3. The van der Waals surface area contributed by atoms with Crippen LogP contribution >= 0.6 is 0 Å². The van der Waals surface area contributed by atoms with E-state index in [1.807, 2.05) is 49.4 Å². The summed E-state index contributed by atoms with van der Waals surface area (Å²) in [6.45, 7) is 3.35. The fourth-order valence-electron chi connectivity index (χ4n) is 3.80. The van der Waals surface area contributed by atoms with Crippen LogP contribution in [-0.2, 0) is 11.2 Å². The van der Waals surface area contributed by atoms with Gasteiger partial charge in [-0.05, 0) is 66.9 Å². The molecule has 1 aromatic heterocycles. The van der Waals surface area contributed by atoms with Gasteiger partial charge in [0.25, 0.3) is 0 Å². The van der Waals surface area contributed by atoms with E-state index in [0.29, 0.717) is 5.75 Å². The Kier molecular flexibility index (Phi) is 6.70. The Labute approximate surface area is 191 Å². The predicted molar refractivity (Wildman–Crippen MR) is 125 cm³/mol. The Morgan fingerprint density at radius 3 is 2.52 bits per heavy atom. The molecule has 170 valence electrons. The molecule has 0 radical (unpaired) electrons. The summed E-state index contributed by atoms with van der Waals surface area (Å²) in [5, 5.41) is 17.2. The first-order chi connectivity index (χ1) is 16.0. The Morgan fingerprint density at radius 1 is 1.12 bits per heavy atom. The Morgan fingerprint density at radius 2 is 1.85 bits per heavy atom. The maximum Gasteiger partial charge on any atom is 0.246 e. The minimum Gasteiger partial charge on any atom is -0.484 e. The van der Waals surface area contributed by atoms with Crippen LogP contribution < -0.4 is 10.1 Å². The first-order valence-corrected chi connectivity index (χ1v) is 10.9. The summed E-state index contributed by atoms with van der Waals surface area (Å²) in [5.74, 6) is -0.139. The molecule has 1 amide bonds. The molecule has 4 rings (SSSR count). The number of carbonyl (C=O) groups is 1. The number of aliphatic hydroxyl groups excluding tert-OH is 1. The third-order valence-corrected chi connectivity index (χ3v) is 5.58. The molecular formula is C26H26FN3O3. The molecule has 0 unspecified atom stereocenters. The molecule has 0 aliphatic rings. The van der Waals surface area contributed by atoms with Gasteiger partial charge in [0, 0.05) is 5.39 Å². The summed E-state index contributed by atoms with van der Waals surface area (Å²) in [7, 11) is 0. The van der Waals surface area contributed by atoms with Crippen molar-refractivity contribution in [3.05, 3.63) is 89.9 Å². The van der Waals surface area contributed by atoms with Crippen LogP contribution in [-0.4, -0.2) is 33.4 Å². The number of aromatic nitrogens is 2. The van der Waals surface area contributed by atoms with E-state index in [0.717, 1.165) is 28.6 Å². The maximum absolute atomic E-state index is 13.3. The van der Waals surface area contributed by atoms with Gasteiger partial charge in [-0.3, -0.25) is 4.79 Å². The SMILES string of the molecule is CCc1ccc([C@H](Oc2ccc3c(cnn3-c3ccc(F)cc3)c2)[C@H](C)NC(=O)CO)cc1. The summed E-state index contributed by atoms with van der Waals surface area (Å²) in [6.07, 6.45) is 2.20. The highest BCUT2D eigenvalue weighted by molar-refractivity contribution is 5.81. The predicted octanol–water partition coefficient (Wildman–Crippen LogP) is 4.34. The number of halogens is 1. The van der Waals surface area contributed by atoms with E-state index in [9.17, 15) is 9.18 Å². The van der Waals surface area contributed by atoms with Crippen molar-refractivity contribution in [3.63, 3.8) is 0 Å². The van der Waals surface area contributed by atoms with Gasteiger partial charge in [0.15, 0.2) is 0 Å². The van der Waals surface area contributed by atoms with Gasteiger partial charge in [-0.2, -0.15) is 5.10 Å². The topological polar surface area (TPSA) is 76.4 Å². The van der Waals surface area contributed by atoms with Crippen molar-refractivity contribution in [1.82, 2.24) is 15.1 Å². The van der Waals surface area contributed by atoms with Crippen LogP contribution in [0.4, 0.5) is 4.39 Å². The highest BCUT2D eigenvalue weighted by atomic mass is 19.1. The normalized spacial score (nSPS) is 13.0. The highest BCUT2D eigenvalue weighted by Crippen LogP contribution is 2.29. The zero-order valence-electron chi connectivity index (χ0n) is 18.5. The molecule has 0 aliphatic heterocycles. The van der Waals surface area contributed by atoms with Gasteiger partial charge in [-0.15, -0.1) is 0 Å². The first kappa shape index (κ1) is 22.5. The van der Waals surface area contributed by atoms with E-state index in [1.165, 1.54) is 17.7 Å². The molecule has 0 spiro atoms. The molecule has 3 aromatic carbocycles. The van der Waals surface area contributed by atoms with Gasteiger partial charge in [0.05, 0.1) is 23.4 Å². The van der Waals surface area contributed by atoms with Crippen molar-refractivity contribution >= 4 is 16.8 Å². The second-order valence-electron chi connectivity index (χ2n) is 7.90. The van der Waals surface area contributed by atoms with Crippen molar-refractivity contribution in [2.45, 2.75) is 32.4 Å². The van der Waals surface area contributed by atoms with Crippen molar-refractivity contribution in [1.29, 1.82) is 0 Å². The molecule has 0 fully saturated rings. The van der Waals surface area contributed by atoms with Gasteiger partial charge < -0.3 is 15.2 Å². The number of fused-ring (bicyclic) bond motifs is 1. The summed E-state index contributed by atoms with van der Waals surface area (Å²) in [5.41, 5.74) is 3.74. The number of hydrogen-bond acceptors (Lipinski definition) is 4.